The minimum atomic E-state index is -0.151. The van der Waals surface area contributed by atoms with Crippen LogP contribution < -0.4 is 5.32 Å². The molecule has 0 saturated heterocycles. The van der Waals surface area contributed by atoms with E-state index in [9.17, 15) is 4.79 Å². The van der Waals surface area contributed by atoms with Crippen LogP contribution in [0.5, 0.6) is 0 Å². The minimum absolute atomic E-state index is 0.128. The van der Waals surface area contributed by atoms with E-state index in [-0.39, 0.29) is 11.9 Å². The molecule has 4 nitrogen and oxygen atoms in total. The zero-order valence-corrected chi connectivity index (χ0v) is 10.4. The van der Waals surface area contributed by atoms with Gasteiger partial charge in [0.05, 0.1) is 12.3 Å². The third kappa shape index (κ3) is 2.04. The maximum absolute atomic E-state index is 11.8. The van der Waals surface area contributed by atoms with Crippen molar-refractivity contribution in [2.75, 3.05) is 19.0 Å². The van der Waals surface area contributed by atoms with Gasteiger partial charge in [-0.25, -0.2) is 4.98 Å². The van der Waals surface area contributed by atoms with Gasteiger partial charge >= 0.3 is 5.97 Å². The number of rotatable bonds is 3. The van der Waals surface area contributed by atoms with Crippen molar-refractivity contribution in [2.45, 2.75) is 32.1 Å². The number of aromatic nitrogens is 1. The molecule has 1 aliphatic rings. The Kier molecular flexibility index (Phi) is 3.43. The molecule has 0 radical (unpaired) electrons. The molecule has 0 saturated carbocycles. The SMILES string of the molecule is CCOC(=O)C1CCCc2sc(NC)nc21. The van der Waals surface area contributed by atoms with Crippen molar-refractivity contribution in [3.05, 3.63) is 10.6 Å². The number of ether oxygens (including phenoxy) is 1. The largest absolute Gasteiger partial charge is 0.465 e. The number of carbonyl (C=O) groups is 1. The maximum Gasteiger partial charge on any atom is 0.315 e. The van der Waals surface area contributed by atoms with Gasteiger partial charge < -0.3 is 10.1 Å². The molecule has 88 valence electrons. The first kappa shape index (κ1) is 11.4. The molecule has 0 fully saturated rings. The number of esters is 1. The fourth-order valence-electron chi connectivity index (χ4n) is 2.00. The summed E-state index contributed by atoms with van der Waals surface area (Å²) in [6.07, 6.45) is 2.94. The highest BCUT2D eigenvalue weighted by molar-refractivity contribution is 7.15. The van der Waals surface area contributed by atoms with Gasteiger partial charge in [0, 0.05) is 11.9 Å². The molecule has 0 amide bonds. The smallest absolute Gasteiger partial charge is 0.315 e. The molecule has 1 atom stereocenters. The highest BCUT2D eigenvalue weighted by Gasteiger charge is 2.30. The number of nitrogens with zero attached hydrogens (tertiary/aromatic N) is 1. The lowest BCUT2D eigenvalue weighted by atomic mass is 9.91. The lowest BCUT2D eigenvalue weighted by molar-refractivity contribution is -0.145. The second-order valence-corrected chi connectivity index (χ2v) is 4.86. The normalized spacial score (nSPS) is 19.0. The summed E-state index contributed by atoms with van der Waals surface area (Å²) in [6.45, 7) is 2.27. The molecule has 1 N–H and O–H groups in total. The number of fused-ring (bicyclic) bond motifs is 1. The van der Waals surface area contributed by atoms with Gasteiger partial charge in [0.25, 0.3) is 0 Å². The predicted octanol–water partition coefficient (Wildman–Crippen LogP) is 2.17. The van der Waals surface area contributed by atoms with E-state index in [0.717, 1.165) is 30.1 Å². The number of aryl methyl sites for hydroxylation is 1. The molecule has 0 aromatic carbocycles. The monoisotopic (exact) mass is 240 g/mol. The molecule has 5 heteroatoms. The van der Waals surface area contributed by atoms with Crippen LogP contribution in [0.15, 0.2) is 0 Å². The molecule has 1 aromatic heterocycles. The van der Waals surface area contributed by atoms with Crippen molar-refractivity contribution in [3.63, 3.8) is 0 Å². The van der Waals surface area contributed by atoms with Gasteiger partial charge in [-0.3, -0.25) is 4.79 Å². The number of hydrogen-bond acceptors (Lipinski definition) is 5. The molecule has 0 aliphatic heterocycles. The maximum atomic E-state index is 11.8. The van der Waals surface area contributed by atoms with Crippen LogP contribution in [0, 0.1) is 0 Å². The van der Waals surface area contributed by atoms with Crippen LogP contribution in [-0.2, 0) is 16.0 Å². The third-order valence-electron chi connectivity index (χ3n) is 2.74. The highest BCUT2D eigenvalue weighted by Crippen LogP contribution is 2.37. The minimum Gasteiger partial charge on any atom is -0.465 e. The number of hydrogen-bond donors (Lipinski definition) is 1. The van der Waals surface area contributed by atoms with Crippen molar-refractivity contribution >= 4 is 22.4 Å². The summed E-state index contributed by atoms with van der Waals surface area (Å²) in [5.74, 6) is -0.279. The van der Waals surface area contributed by atoms with Crippen LogP contribution in [0.25, 0.3) is 0 Å². The standard InChI is InChI=1S/C11H16N2O2S/c1-3-15-10(14)7-5-4-6-8-9(7)13-11(12-2)16-8/h7H,3-6H2,1-2H3,(H,12,13). The summed E-state index contributed by atoms with van der Waals surface area (Å²) < 4.78 is 5.09. The fraction of sp³-hybridized carbons (Fsp3) is 0.636. The van der Waals surface area contributed by atoms with Crippen LogP contribution >= 0.6 is 11.3 Å². The molecule has 0 bridgehead atoms. The second kappa shape index (κ2) is 4.82. The second-order valence-electron chi connectivity index (χ2n) is 3.77. The van der Waals surface area contributed by atoms with Crippen molar-refractivity contribution in [1.29, 1.82) is 0 Å². The van der Waals surface area contributed by atoms with Gasteiger partial charge in [-0.05, 0) is 26.2 Å². The predicted molar refractivity (Wildman–Crippen MR) is 64.0 cm³/mol. The first-order chi connectivity index (χ1) is 7.76. The van der Waals surface area contributed by atoms with Crippen molar-refractivity contribution < 1.29 is 9.53 Å². The Morgan fingerprint density at radius 2 is 2.50 bits per heavy atom. The van der Waals surface area contributed by atoms with Gasteiger partial charge in [-0.1, -0.05) is 0 Å². The molecule has 2 rings (SSSR count). The summed E-state index contributed by atoms with van der Waals surface area (Å²) in [4.78, 5) is 17.5. The van der Waals surface area contributed by atoms with E-state index >= 15 is 0 Å². The zero-order valence-electron chi connectivity index (χ0n) is 9.58. The molecule has 1 unspecified atom stereocenters. The summed E-state index contributed by atoms with van der Waals surface area (Å²) in [7, 11) is 1.85. The Bertz CT molecular complexity index is 389. The highest BCUT2D eigenvalue weighted by atomic mass is 32.1. The first-order valence-corrected chi connectivity index (χ1v) is 6.42. The molecule has 0 spiro atoms. The molecule has 1 aromatic rings. The van der Waals surface area contributed by atoms with Crippen LogP contribution in [0.1, 0.15) is 36.3 Å². The first-order valence-electron chi connectivity index (χ1n) is 5.60. The van der Waals surface area contributed by atoms with Crippen LogP contribution in [0.3, 0.4) is 0 Å². The van der Waals surface area contributed by atoms with Gasteiger partial charge in [-0.15, -0.1) is 11.3 Å². The number of thiazole rings is 1. The quantitative estimate of drug-likeness (QED) is 0.823. The van der Waals surface area contributed by atoms with Crippen LogP contribution in [-0.4, -0.2) is 24.6 Å². The average Bonchev–Trinajstić information content (AvgIpc) is 2.71. The van der Waals surface area contributed by atoms with E-state index in [4.69, 9.17) is 4.74 Å². The van der Waals surface area contributed by atoms with Crippen molar-refractivity contribution in [3.8, 4) is 0 Å². The topological polar surface area (TPSA) is 51.2 Å². The van der Waals surface area contributed by atoms with Gasteiger partial charge in [0.15, 0.2) is 5.13 Å². The molecular formula is C11H16N2O2S. The van der Waals surface area contributed by atoms with E-state index in [2.05, 4.69) is 10.3 Å². The van der Waals surface area contributed by atoms with E-state index in [1.54, 1.807) is 11.3 Å². The van der Waals surface area contributed by atoms with Crippen LogP contribution in [0.4, 0.5) is 5.13 Å². The molecule has 16 heavy (non-hydrogen) atoms. The molecule has 1 aliphatic carbocycles. The van der Waals surface area contributed by atoms with E-state index in [1.165, 1.54) is 4.88 Å². The summed E-state index contributed by atoms with van der Waals surface area (Å²) >= 11 is 1.64. The molecule has 1 heterocycles. The van der Waals surface area contributed by atoms with E-state index < -0.39 is 0 Å². The van der Waals surface area contributed by atoms with Gasteiger partial charge in [0.1, 0.15) is 5.92 Å². The average molecular weight is 240 g/mol. The number of nitrogens with one attached hydrogen (secondary N) is 1. The number of carbonyl (C=O) groups excluding carboxylic acids is 1. The van der Waals surface area contributed by atoms with E-state index in [0.29, 0.717) is 6.61 Å². The zero-order chi connectivity index (χ0) is 11.5. The third-order valence-corrected chi connectivity index (χ3v) is 3.89. The van der Waals surface area contributed by atoms with Gasteiger partial charge in [0.2, 0.25) is 0 Å². The Morgan fingerprint density at radius 1 is 1.69 bits per heavy atom. The summed E-state index contributed by atoms with van der Waals surface area (Å²) in [5.41, 5.74) is 0.930. The molecular weight excluding hydrogens is 224 g/mol. The lowest BCUT2D eigenvalue weighted by Gasteiger charge is -2.18. The Morgan fingerprint density at radius 3 is 3.19 bits per heavy atom. The lowest BCUT2D eigenvalue weighted by Crippen LogP contribution is -2.20. The van der Waals surface area contributed by atoms with E-state index in [1.807, 2.05) is 14.0 Å². The summed E-state index contributed by atoms with van der Waals surface area (Å²) in [6, 6.07) is 0. The van der Waals surface area contributed by atoms with Gasteiger partial charge in [-0.2, -0.15) is 0 Å². The Hall–Kier alpha value is -1.10. The van der Waals surface area contributed by atoms with Crippen LogP contribution in [0.2, 0.25) is 0 Å². The Balaban J connectivity index is 2.25. The fourth-order valence-corrected chi connectivity index (χ4v) is 3.02. The van der Waals surface area contributed by atoms with Crippen molar-refractivity contribution in [2.24, 2.45) is 0 Å². The van der Waals surface area contributed by atoms with Crippen molar-refractivity contribution in [1.82, 2.24) is 4.98 Å². The number of anilines is 1. The Labute approximate surface area is 99.0 Å². The summed E-state index contributed by atoms with van der Waals surface area (Å²) in [5, 5.41) is 3.92.